The van der Waals surface area contributed by atoms with Gasteiger partial charge in [0, 0.05) is 12.4 Å². The number of halogens is 2. The van der Waals surface area contributed by atoms with Crippen LogP contribution in [0.3, 0.4) is 0 Å². The molecule has 0 amide bonds. The minimum absolute atomic E-state index is 0.159. The van der Waals surface area contributed by atoms with Crippen molar-refractivity contribution >= 4 is 23.2 Å². The van der Waals surface area contributed by atoms with Crippen LogP contribution in [0, 0.1) is 5.82 Å². The molecule has 0 aliphatic rings. The molecule has 0 saturated heterocycles. The fraction of sp³-hybridized carbons (Fsp3) is 0.111. The van der Waals surface area contributed by atoms with Crippen molar-refractivity contribution in [3.8, 4) is 0 Å². The summed E-state index contributed by atoms with van der Waals surface area (Å²) in [7, 11) is 0. The molecule has 0 aliphatic carbocycles. The van der Waals surface area contributed by atoms with Crippen molar-refractivity contribution in [2.24, 2.45) is 0 Å². The molecule has 0 aromatic carbocycles. The first-order valence-electron chi connectivity index (χ1n) is 4.10. The highest BCUT2D eigenvalue weighted by Gasteiger charge is 2.09. The summed E-state index contributed by atoms with van der Waals surface area (Å²) in [5.74, 6) is -1.48. The van der Waals surface area contributed by atoms with Gasteiger partial charge in [-0.15, -0.1) is 0 Å². The zero-order valence-electron chi connectivity index (χ0n) is 7.44. The van der Waals surface area contributed by atoms with Crippen LogP contribution in [0.25, 0.3) is 5.65 Å². The molecule has 0 radical (unpaired) electrons. The van der Waals surface area contributed by atoms with Gasteiger partial charge in [0.2, 0.25) is 0 Å². The molecular weight excluding hydrogens is 223 g/mol. The van der Waals surface area contributed by atoms with E-state index >= 15 is 0 Å². The van der Waals surface area contributed by atoms with Crippen LogP contribution >= 0.6 is 11.6 Å². The van der Waals surface area contributed by atoms with Crippen LogP contribution in [0.4, 0.5) is 4.39 Å². The number of aliphatic carboxylic acids is 1. The van der Waals surface area contributed by atoms with E-state index in [2.05, 4.69) is 4.98 Å². The topological polar surface area (TPSA) is 54.6 Å². The third kappa shape index (κ3) is 1.92. The predicted octanol–water partition coefficient (Wildman–Crippen LogP) is 1.75. The van der Waals surface area contributed by atoms with Crippen LogP contribution < -0.4 is 0 Å². The Bertz CT molecular complexity index is 538. The fourth-order valence-corrected chi connectivity index (χ4v) is 1.56. The first kappa shape index (κ1) is 9.92. The SMILES string of the molecule is O=C(O)Cc1cn2cc(F)cc(Cl)c2n1. The van der Waals surface area contributed by atoms with Crippen molar-refractivity contribution in [2.75, 3.05) is 0 Å². The minimum atomic E-state index is -0.991. The Kier molecular flexibility index (Phi) is 2.32. The lowest BCUT2D eigenvalue weighted by molar-refractivity contribution is -0.136. The number of pyridine rings is 1. The average Bonchev–Trinajstić information content (AvgIpc) is 2.45. The van der Waals surface area contributed by atoms with E-state index in [1.54, 1.807) is 0 Å². The van der Waals surface area contributed by atoms with Gasteiger partial charge in [0.1, 0.15) is 5.82 Å². The molecule has 78 valence electrons. The second-order valence-corrected chi connectivity index (χ2v) is 3.45. The first-order valence-corrected chi connectivity index (χ1v) is 4.48. The number of fused-ring (bicyclic) bond motifs is 1. The molecule has 0 fully saturated rings. The van der Waals surface area contributed by atoms with Crippen LogP contribution in [0.15, 0.2) is 18.5 Å². The van der Waals surface area contributed by atoms with Crippen molar-refractivity contribution < 1.29 is 14.3 Å². The molecule has 0 saturated carbocycles. The molecule has 2 aromatic heterocycles. The first-order chi connectivity index (χ1) is 7.06. The minimum Gasteiger partial charge on any atom is -0.481 e. The molecule has 6 heteroatoms. The zero-order valence-corrected chi connectivity index (χ0v) is 8.20. The summed E-state index contributed by atoms with van der Waals surface area (Å²) in [6, 6.07) is 1.13. The fourth-order valence-electron chi connectivity index (χ4n) is 1.32. The van der Waals surface area contributed by atoms with Crippen LogP contribution in [0.5, 0.6) is 0 Å². The second-order valence-electron chi connectivity index (χ2n) is 3.04. The monoisotopic (exact) mass is 228 g/mol. The number of carboxylic acid groups (broad SMARTS) is 1. The maximum absolute atomic E-state index is 12.9. The maximum Gasteiger partial charge on any atom is 0.309 e. The van der Waals surface area contributed by atoms with Crippen LogP contribution in [-0.4, -0.2) is 20.5 Å². The Hall–Kier alpha value is -1.62. The standard InChI is InChI=1S/C9H6ClFN2O2/c10-7-1-5(11)3-13-4-6(2-8(14)15)12-9(7)13/h1,3-4H,2H2,(H,14,15). The van der Waals surface area contributed by atoms with Gasteiger partial charge < -0.3 is 9.51 Å². The highest BCUT2D eigenvalue weighted by Crippen LogP contribution is 2.18. The quantitative estimate of drug-likeness (QED) is 0.852. The Morgan fingerprint density at radius 2 is 2.33 bits per heavy atom. The molecule has 0 aliphatic heterocycles. The summed E-state index contributed by atoms with van der Waals surface area (Å²) in [5, 5.41) is 8.72. The number of hydrogen-bond acceptors (Lipinski definition) is 2. The maximum atomic E-state index is 12.9. The van der Waals surface area contributed by atoms with E-state index < -0.39 is 11.8 Å². The average molecular weight is 229 g/mol. The van der Waals surface area contributed by atoms with Gasteiger partial charge in [-0.3, -0.25) is 4.79 Å². The predicted molar refractivity (Wildman–Crippen MR) is 51.5 cm³/mol. The molecule has 0 spiro atoms. The highest BCUT2D eigenvalue weighted by molar-refractivity contribution is 6.33. The Morgan fingerprint density at radius 3 is 3.00 bits per heavy atom. The van der Waals surface area contributed by atoms with E-state index in [0.717, 1.165) is 6.07 Å². The number of aromatic nitrogens is 2. The summed E-state index contributed by atoms with van der Waals surface area (Å²) < 4.78 is 14.3. The largest absolute Gasteiger partial charge is 0.481 e. The molecular formula is C9H6ClFN2O2. The van der Waals surface area contributed by atoms with E-state index in [9.17, 15) is 9.18 Å². The van der Waals surface area contributed by atoms with Crippen molar-refractivity contribution in [1.29, 1.82) is 0 Å². The molecule has 1 N–H and O–H groups in total. The van der Waals surface area contributed by atoms with Gasteiger partial charge in [0.15, 0.2) is 5.65 Å². The van der Waals surface area contributed by atoms with Gasteiger partial charge in [0.25, 0.3) is 0 Å². The van der Waals surface area contributed by atoms with Crippen molar-refractivity contribution in [3.05, 3.63) is 35.0 Å². The molecule has 2 aromatic rings. The lowest BCUT2D eigenvalue weighted by atomic mass is 10.3. The van der Waals surface area contributed by atoms with Gasteiger partial charge in [-0.05, 0) is 6.07 Å². The smallest absolute Gasteiger partial charge is 0.309 e. The third-order valence-electron chi connectivity index (χ3n) is 1.86. The van der Waals surface area contributed by atoms with Crippen molar-refractivity contribution in [3.63, 3.8) is 0 Å². The molecule has 2 rings (SSSR count). The Labute approximate surface area is 88.9 Å². The third-order valence-corrected chi connectivity index (χ3v) is 2.13. The van der Waals surface area contributed by atoms with Gasteiger partial charge in [-0.1, -0.05) is 11.6 Å². The summed E-state index contributed by atoms with van der Waals surface area (Å²) in [6.45, 7) is 0. The summed E-state index contributed by atoms with van der Waals surface area (Å²) >= 11 is 5.74. The van der Waals surface area contributed by atoms with Crippen LogP contribution in [0.1, 0.15) is 5.69 Å². The molecule has 4 nitrogen and oxygen atoms in total. The van der Waals surface area contributed by atoms with E-state index in [-0.39, 0.29) is 11.4 Å². The van der Waals surface area contributed by atoms with Crippen molar-refractivity contribution in [2.45, 2.75) is 6.42 Å². The Morgan fingerprint density at radius 1 is 1.60 bits per heavy atom. The second kappa shape index (κ2) is 3.51. The highest BCUT2D eigenvalue weighted by atomic mass is 35.5. The van der Waals surface area contributed by atoms with E-state index in [1.807, 2.05) is 0 Å². The molecule has 15 heavy (non-hydrogen) atoms. The zero-order chi connectivity index (χ0) is 11.0. The van der Waals surface area contributed by atoms with Crippen LogP contribution in [0.2, 0.25) is 5.02 Å². The van der Waals surface area contributed by atoms with Gasteiger partial charge in [-0.2, -0.15) is 0 Å². The lowest BCUT2D eigenvalue weighted by Crippen LogP contribution is -1.99. The van der Waals surface area contributed by atoms with Gasteiger partial charge in [0.05, 0.1) is 17.1 Å². The molecule has 2 heterocycles. The van der Waals surface area contributed by atoms with E-state index in [4.69, 9.17) is 16.7 Å². The molecule has 0 bridgehead atoms. The normalized spacial score (nSPS) is 10.8. The summed E-state index contributed by atoms with van der Waals surface area (Å²) in [4.78, 5) is 14.4. The van der Waals surface area contributed by atoms with E-state index in [1.165, 1.54) is 16.8 Å². The number of carbonyl (C=O) groups is 1. The number of imidazole rings is 1. The molecule has 0 atom stereocenters. The van der Waals surface area contributed by atoms with E-state index in [0.29, 0.717) is 11.3 Å². The van der Waals surface area contributed by atoms with Crippen molar-refractivity contribution in [1.82, 2.24) is 9.38 Å². The molecule has 0 unspecified atom stereocenters. The van der Waals surface area contributed by atoms with Gasteiger partial charge in [-0.25, -0.2) is 9.37 Å². The summed E-state index contributed by atoms with van der Waals surface area (Å²) in [5.41, 5.74) is 0.698. The number of carboxylic acids is 1. The number of nitrogens with zero attached hydrogens (tertiary/aromatic N) is 2. The Balaban J connectivity index is 2.55. The number of rotatable bonds is 2. The van der Waals surface area contributed by atoms with Crippen LogP contribution in [-0.2, 0) is 11.2 Å². The van der Waals surface area contributed by atoms with Gasteiger partial charge >= 0.3 is 5.97 Å². The number of hydrogen-bond donors (Lipinski definition) is 1. The summed E-state index contributed by atoms with van der Waals surface area (Å²) in [6.07, 6.45) is 2.43. The lowest BCUT2D eigenvalue weighted by Gasteiger charge is -1.94.